The van der Waals surface area contributed by atoms with Gasteiger partial charge >= 0.3 is 0 Å². The second kappa shape index (κ2) is 4.27. The van der Waals surface area contributed by atoms with E-state index in [1.54, 1.807) is 0 Å². The highest BCUT2D eigenvalue weighted by Gasteiger charge is 2.14. The molecular weight excluding hydrogens is 205 g/mol. The number of halogens is 2. The van der Waals surface area contributed by atoms with Crippen LogP contribution in [0.2, 0.25) is 5.02 Å². The van der Waals surface area contributed by atoms with E-state index in [0.717, 1.165) is 0 Å². The summed E-state index contributed by atoms with van der Waals surface area (Å²) < 4.78 is 13.2. The molecule has 3 nitrogen and oxygen atoms in total. The Bertz CT molecular complexity index is 386. The zero-order valence-corrected chi connectivity index (χ0v) is 8.05. The maximum Gasteiger partial charge on any atom is 0.164 e. The van der Waals surface area contributed by atoms with Gasteiger partial charge in [-0.15, -0.1) is 0 Å². The van der Waals surface area contributed by atoms with Crippen molar-refractivity contribution in [1.82, 2.24) is 0 Å². The molecule has 0 spiro atoms. The molecular formula is C9H9ClFN3. The number of anilines is 1. The van der Waals surface area contributed by atoms with Gasteiger partial charge in [0, 0.05) is 6.04 Å². The zero-order chi connectivity index (χ0) is 10.7. The van der Waals surface area contributed by atoms with Gasteiger partial charge in [-0.05, 0) is 11.6 Å². The minimum Gasteiger partial charge on any atom is -0.396 e. The van der Waals surface area contributed by atoms with Gasteiger partial charge in [0.25, 0.3) is 0 Å². The largest absolute Gasteiger partial charge is 0.396 e. The minimum atomic E-state index is -0.683. The molecule has 0 fully saturated rings. The third-order valence-electron chi connectivity index (χ3n) is 1.85. The monoisotopic (exact) mass is 213 g/mol. The SMILES string of the molecule is N#CC[C@H](N)c1ccc(N)c(F)c1Cl. The van der Waals surface area contributed by atoms with Gasteiger partial charge in [0.15, 0.2) is 5.82 Å². The lowest BCUT2D eigenvalue weighted by Crippen LogP contribution is -2.11. The van der Waals surface area contributed by atoms with Crippen LogP contribution in [0.3, 0.4) is 0 Å². The Morgan fingerprint density at radius 1 is 1.57 bits per heavy atom. The molecule has 0 unspecified atom stereocenters. The molecule has 0 aliphatic rings. The van der Waals surface area contributed by atoms with E-state index in [0.29, 0.717) is 5.56 Å². The normalized spacial score (nSPS) is 12.1. The van der Waals surface area contributed by atoms with Crippen LogP contribution in [0.4, 0.5) is 10.1 Å². The highest BCUT2D eigenvalue weighted by atomic mass is 35.5. The summed E-state index contributed by atoms with van der Waals surface area (Å²) in [4.78, 5) is 0. The summed E-state index contributed by atoms with van der Waals surface area (Å²) in [6.07, 6.45) is 0.0864. The Morgan fingerprint density at radius 2 is 2.21 bits per heavy atom. The molecule has 0 aliphatic heterocycles. The third kappa shape index (κ3) is 1.95. The lowest BCUT2D eigenvalue weighted by atomic mass is 10.0. The summed E-state index contributed by atoms with van der Waals surface area (Å²) in [5, 5.41) is 8.32. The molecule has 74 valence electrons. The molecule has 1 aromatic rings. The summed E-state index contributed by atoms with van der Waals surface area (Å²) in [7, 11) is 0. The van der Waals surface area contributed by atoms with Crippen LogP contribution in [0.5, 0.6) is 0 Å². The Morgan fingerprint density at radius 3 is 2.79 bits per heavy atom. The molecule has 0 saturated heterocycles. The molecule has 1 atom stereocenters. The summed E-state index contributed by atoms with van der Waals surface area (Å²) in [6.45, 7) is 0. The van der Waals surface area contributed by atoms with E-state index in [1.165, 1.54) is 12.1 Å². The second-order valence-electron chi connectivity index (χ2n) is 2.84. The first-order valence-electron chi connectivity index (χ1n) is 3.93. The Balaban J connectivity index is 3.12. The molecule has 0 aromatic heterocycles. The summed E-state index contributed by atoms with van der Waals surface area (Å²) in [6, 6.07) is 4.22. The van der Waals surface area contributed by atoms with Gasteiger partial charge in [-0.25, -0.2) is 4.39 Å². The van der Waals surface area contributed by atoms with Crippen LogP contribution in [-0.2, 0) is 0 Å². The molecule has 0 saturated carbocycles. The second-order valence-corrected chi connectivity index (χ2v) is 3.22. The first-order valence-corrected chi connectivity index (χ1v) is 4.31. The Labute approximate surface area is 86.1 Å². The van der Waals surface area contributed by atoms with Crippen molar-refractivity contribution in [3.8, 4) is 6.07 Å². The Hall–Kier alpha value is -1.31. The van der Waals surface area contributed by atoms with E-state index in [4.69, 9.17) is 28.3 Å². The number of nitrogens with two attached hydrogens (primary N) is 2. The van der Waals surface area contributed by atoms with Crippen LogP contribution in [0.25, 0.3) is 0 Å². The number of rotatable bonds is 2. The van der Waals surface area contributed by atoms with Gasteiger partial charge in [0.1, 0.15) is 0 Å². The van der Waals surface area contributed by atoms with Crippen molar-refractivity contribution in [2.24, 2.45) is 5.73 Å². The lowest BCUT2D eigenvalue weighted by Gasteiger charge is -2.11. The number of hydrogen-bond donors (Lipinski definition) is 2. The average molecular weight is 214 g/mol. The molecule has 4 N–H and O–H groups in total. The van der Waals surface area contributed by atoms with Crippen LogP contribution < -0.4 is 11.5 Å². The predicted molar refractivity (Wildman–Crippen MR) is 53.0 cm³/mol. The predicted octanol–water partition coefficient (Wildman–Crippen LogP) is 1.97. The molecule has 1 aromatic carbocycles. The smallest absolute Gasteiger partial charge is 0.164 e. The van der Waals surface area contributed by atoms with E-state index >= 15 is 0 Å². The van der Waals surface area contributed by atoms with Crippen LogP contribution >= 0.6 is 11.6 Å². The number of nitriles is 1. The number of hydrogen-bond acceptors (Lipinski definition) is 3. The molecule has 0 radical (unpaired) electrons. The first kappa shape index (κ1) is 10.8. The lowest BCUT2D eigenvalue weighted by molar-refractivity contribution is 0.625. The molecule has 0 bridgehead atoms. The molecule has 5 heteroatoms. The quantitative estimate of drug-likeness (QED) is 0.738. The summed E-state index contributed by atoms with van der Waals surface area (Å²) in [5.41, 5.74) is 11.3. The minimum absolute atomic E-state index is 0.0251. The molecule has 14 heavy (non-hydrogen) atoms. The fourth-order valence-corrected chi connectivity index (χ4v) is 1.39. The maximum atomic E-state index is 13.2. The fraction of sp³-hybridized carbons (Fsp3) is 0.222. The average Bonchev–Trinajstić information content (AvgIpc) is 2.15. The van der Waals surface area contributed by atoms with Crippen LogP contribution in [0.1, 0.15) is 18.0 Å². The van der Waals surface area contributed by atoms with Crippen molar-refractivity contribution in [2.45, 2.75) is 12.5 Å². The standard InChI is InChI=1S/C9H9ClFN3/c10-8-5(6(13)3-4-12)1-2-7(14)9(8)11/h1-2,6H,3,13-14H2/t6-/m0/s1. The summed E-state index contributed by atoms with van der Waals surface area (Å²) >= 11 is 5.68. The van der Waals surface area contributed by atoms with Crippen LogP contribution in [0, 0.1) is 17.1 Å². The highest BCUT2D eigenvalue weighted by molar-refractivity contribution is 6.31. The molecule has 0 heterocycles. The maximum absolute atomic E-state index is 13.2. The van der Waals surface area contributed by atoms with Crippen molar-refractivity contribution in [2.75, 3.05) is 5.73 Å². The Kier molecular flexibility index (Phi) is 3.28. The van der Waals surface area contributed by atoms with Gasteiger partial charge in [-0.2, -0.15) is 5.26 Å². The van der Waals surface area contributed by atoms with Crippen molar-refractivity contribution < 1.29 is 4.39 Å². The van der Waals surface area contributed by atoms with E-state index in [-0.39, 0.29) is 17.1 Å². The number of benzene rings is 1. The van der Waals surface area contributed by atoms with Gasteiger partial charge < -0.3 is 11.5 Å². The third-order valence-corrected chi connectivity index (χ3v) is 2.24. The van der Waals surface area contributed by atoms with Gasteiger partial charge in [0.2, 0.25) is 0 Å². The van der Waals surface area contributed by atoms with Gasteiger partial charge in [0.05, 0.1) is 23.2 Å². The topological polar surface area (TPSA) is 75.8 Å². The number of nitrogens with zero attached hydrogens (tertiary/aromatic N) is 1. The van der Waals surface area contributed by atoms with Crippen molar-refractivity contribution >= 4 is 17.3 Å². The highest BCUT2D eigenvalue weighted by Crippen LogP contribution is 2.29. The van der Waals surface area contributed by atoms with Gasteiger partial charge in [-0.3, -0.25) is 0 Å². The van der Waals surface area contributed by atoms with E-state index in [1.807, 2.05) is 6.07 Å². The van der Waals surface area contributed by atoms with Crippen molar-refractivity contribution in [3.05, 3.63) is 28.5 Å². The molecule has 0 aliphatic carbocycles. The first-order chi connectivity index (χ1) is 6.57. The van der Waals surface area contributed by atoms with Crippen LogP contribution in [0.15, 0.2) is 12.1 Å². The van der Waals surface area contributed by atoms with Gasteiger partial charge in [-0.1, -0.05) is 17.7 Å². The van der Waals surface area contributed by atoms with E-state index in [9.17, 15) is 4.39 Å². The van der Waals surface area contributed by atoms with E-state index in [2.05, 4.69) is 0 Å². The zero-order valence-electron chi connectivity index (χ0n) is 7.30. The summed E-state index contributed by atoms with van der Waals surface area (Å²) in [5.74, 6) is -0.683. The molecule has 0 amide bonds. The molecule has 1 rings (SSSR count). The number of nitrogen functional groups attached to an aromatic ring is 1. The van der Waals surface area contributed by atoms with Crippen LogP contribution in [-0.4, -0.2) is 0 Å². The van der Waals surface area contributed by atoms with Crippen molar-refractivity contribution in [1.29, 1.82) is 5.26 Å². The van der Waals surface area contributed by atoms with Crippen molar-refractivity contribution in [3.63, 3.8) is 0 Å². The van der Waals surface area contributed by atoms with E-state index < -0.39 is 11.9 Å². The fourth-order valence-electron chi connectivity index (χ4n) is 1.07.